The van der Waals surface area contributed by atoms with Gasteiger partial charge in [-0.25, -0.2) is 17.6 Å². The van der Waals surface area contributed by atoms with E-state index < -0.39 is 23.3 Å². The Balaban J connectivity index is 2.44. The molecule has 2 aromatic rings. The van der Waals surface area contributed by atoms with Crippen LogP contribution in [0.15, 0.2) is 30.3 Å². The summed E-state index contributed by atoms with van der Waals surface area (Å²) in [6.45, 7) is 4.38. The Labute approximate surface area is 120 Å². The topological polar surface area (TPSA) is 12.0 Å². The van der Waals surface area contributed by atoms with E-state index >= 15 is 0 Å². The van der Waals surface area contributed by atoms with Crippen LogP contribution in [0.5, 0.6) is 0 Å². The second kappa shape index (κ2) is 6.26. The van der Waals surface area contributed by atoms with Crippen LogP contribution < -0.4 is 5.32 Å². The van der Waals surface area contributed by atoms with Gasteiger partial charge in [0, 0.05) is 23.7 Å². The van der Waals surface area contributed by atoms with Gasteiger partial charge in [-0.1, -0.05) is 19.9 Å². The normalized spacial score (nSPS) is 11.2. The maximum atomic E-state index is 13.9. The quantitative estimate of drug-likeness (QED) is 0.651. The molecule has 0 fully saturated rings. The molecule has 2 aromatic carbocycles. The lowest BCUT2D eigenvalue weighted by Crippen LogP contribution is -2.21. The first-order valence-electron chi connectivity index (χ1n) is 6.56. The highest BCUT2D eigenvalue weighted by Crippen LogP contribution is 2.29. The molecule has 0 atom stereocenters. The molecule has 0 saturated heterocycles. The third-order valence-corrected chi connectivity index (χ3v) is 3.07. The average molecular weight is 297 g/mol. The summed E-state index contributed by atoms with van der Waals surface area (Å²) in [5.41, 5.74) is 0.344. The van der Waals surface area contributed by atoms with Crippen molar-refractivity contribution in [2.24, 2.45) is 0 Å². The van der Waals surface area contributed by atoms with Crippen LogP contribution in [0, 0.1) is 23.3 Å². The highest BCUT2D eigenvalue weighted by molar-refractivity contribution is 5.65. The fourth-order valence-corrected chi connectivity index (χ4v) is 1.94. The smallest absolute Gasteiger partial charge is 0.195 e. The first-order valence-corrected chi connectivity index (χ1v) is 6.56. The maximum absolute atomic E-state index is 13.9. The summed E-state index contributed by atoms with van der Waals surface area (Å²) in [6, 6.07) is 6.23. The summed E-state index contributed by atoms with van der Waals surface area (Å²) in [6.07, 6.45) is 0. The molecule has 21 heavy (non-hydrogen) atoms. The Hall–Kier alpha value is -1.88. The number of rotatable bonds is 4. The van der Waals surface area contributed by atoms with E-state index in [9.17, 15) is 17.6 Å². The van der Waals surface area contributed by atoms with Crippen molar-refractivity contribution in [1.29, 1.82) is 0 Å². The maximum Gasteiger partial charge on any atom is 0.195 e. The molecular formula is C16H15F4N. The molecule has 0 aliphatic heterocycles. The predicted octanol–water partition coefficient (Wildman–Crippen LogP) is 4.41. The van der Waals surface area contributed by atoms with Gasteiger partial charge in [-0.2, -0.15) is 0 Å². The molecule has 0 aliphatic carbocycles. The SMILES string of the molecule is CC(C)NCc1ccc(F)c(-c2ccc(F)c(F)c2F)c1. The fraction of sp³-hybridized carbons (Fsp3) is 0.250. The molecule has 0 aromatic heterocycles. The van der Waals surface area contributed by atoms with Gasteiger partial charge in [-0.3, -0.25) is 0 Å². The zero-order valence-corrected chi connectivity index (χ0v) is 11.7. The summed E-state index contributed by atoms with van der Waals surface area (Å²) in [4.78, 5) is 0. The third-order valence-electron chi connectivity index (χ3n) is 3.07. The van der Waals surface area contributed by atoms with Crippen molar-refractivity contribution in [2.75, 3.05) is 0 Å². The number of hydrogen-bond donors (Lipinski definition) is 1. The lowest BCUT2D eigenvalue weighted by molar-refractivity contribution is 0.448. The summed E-state index contributed by atoms with van der Waals surface area (Å²) < 4.78 is 53.9. The predicted molar refractivity (Wildman–Crippen MR) is 73.7 cm³/mol. The Morgan fingerprint density at radius 1 is 0.857 bits per heavy atom. The van der Waals surface area contributed by atoms with Gasteiger partial charge in [0.2, 0.25) is 0 Å². The Morgan fingerprint density at radius 3 is 2.19 bits per heavy atom. The summed E-state index contributed by atoms with van der Waals surface area (Å²) in [5.74, 6) is -4.97. The van der Waals surface area contributed by atoms with E-state index in [0.717, 1.165) is 17.7 Å². The molecule has 1 N–H and O–H groups in total. The number of halogens is 4. The van der Waals surface area contributed by atoms with E-state index in [0.29, 0.717) is 6.54 Å². The summed E-state index contributed by atoms with van der Waals surface area (Å²) in [7, 11) is 0. The van der Waals surface area contributed by atoms with Crippen LogP contribution in [0.1, 0.15) is 19.4 Å². The molecule has 0 radical (unpaired) electrons. The Morgan fingerprint density at radius 2 is 1.52 bits per heavy atom. The number of nitrogens with one attached hydrogen (secondary N) is 1. The lowest BCUT2D eigenvalue weighted by Gasteiger charge is -2.11. The van der Waals surface area contributed by atoms with Gasteiger partial charge in [-0.15, -0.1) is 0 Å². The van der Waals surface area contributed by atoms with Crippen LogP contribution in [0.3, 0.4) is 0 Å². The summed E-state index contributed by atoms with van der Waals surface area (Å²) >= 11 is 0. The Kier molecular flexibility index (Phi) is 4.63. The van der Waals surface area contributed by atoms with Crippen LogP contribution in [0.4, 0.5) is 17.6 Å². The van der Waals surface area contributed by atoms with Gasteiger partial charge >= 0.3 is 0 Å². The molecule has 5 heteroatoms. The summed E-state index contributed by atoms with van der Waals surface area (Å²) in [5, 5.41) is 3.14. The molecule has 0 unspecified atom stereocenters. The molecule has 0 heterocycles. The minimum Gasteiger partial charge on any atom is -0.310 e. The van der Waals surface area contributed by atoms with E-state index in [1.54, 1.807) is 6.07 Å². The highest BCUT2D eigenvalue weighted by Gasteiger charge is 2.17. The van der Waals surface area contributed by atoms with Crippen molar-refractivity contribution in [1.82, 2.24) is 5.32 Å². The van der Waals surface area contributed by atoms with Gasteiger partial charge in [0.05, 0.1) is 0 Å². The standard InChI is InChI=1S/C16H15F4N/c1-9(2)21-8-10-3-5-13(17)12(7-10)11-4-6-14(18)16(20)15(11)19/h3-7,9,21H,8H2,1-2H3. The first kappa shape index (κ1) is 15.5. The van der Waals surface area contributed by atoms with Gasteiger partial charge in [-0.05, 0) is 29.8 Å². The van der Waals surface area contributed by atoms with Crippen LogP contribution in [0.25, 0.3) is 11.1 Å². The average Bonchev–Trinajstić information content (AvgIpc) is 2.44. The monoisotopic (exact) mass is 297 g/mol. The van der Waals surface area contributed by atoms with Crippen molar-refractivity contribution in [3.05, 3.63) is 59.2 Å². The molecule has 112 valence electrons. The van der Waals surface area contributed by atoms with Gasteiger partial charge in [0.1, 0.15) is 5.82 Å². The van der Waals surface area contributed by atoms with Crippen LogP contribution in [0.2, 0.25) is 0 Å². The largest absolute Gasteiger partial charge is 0.310 e. The van der Waals surface area contributed by atoms with Crippen molar-refractivity contribution in [2.45, 2.75) is 26.4 Å². The molecule has 0 saturated carbocycles. The first-order chi connectivity index (χ1) is 9.90. The Bertz CT molecular complexity index is 653. The molecule has 1 nitrogen and oxygen atoms in total. The molecule has 0 spiro atoms. The molecule has 0 aliphatic rings. The zero-order chi connectivity index (χ0) is 15.6. The fourth-order valence-electron chi connectivity index (χ4n) is 1.94. The lowest BCUT2D eigenvalue weighted by atomic mass is 10.0. The van der Waals surface area contributed by atoms with Crippen molar-refractivity contribution >= 4 is 0 Å². The van der Waals surface area contributed by atoms with Crippen molar-refractivity contribution in [3.8, 4) is 11.1 Å². The third kappa shape index (κ3) is 3.42. The molecule has 2 rings (SSSR count). The van der Waals surface area contributed by atoms with Crippen LogP contribution >= 0.6 is 0 Å². The minimum absolute atomic E-state index is 0.0885. The second-order valence-electron chi connectivity index (χ2n) is 5.07. The van der Waals surface area contributed by atoms with E-state index in [1.165, 1.54) is 12.1 Å². The van der Waals surface area contributed by atoms with E-state index in [2.05, 4.69) is 5.32 Å². The van der Waals surface area contributed by atoms with Crippen molar-refractivity contribution in [3.63, 3.8) is 0 Å². The van der Waals surface area contributed by atoms with E-state index in [4.69, 9.17) is 0 Å². The molecule has 0 bridgehead atoms. The highest BCUT2D eigenvalue weighted by atomic mass is 19.2. The van der Waals surface area contributed by atoms with Crippen LogP contribution in [-0.4, -0.2) is 6.04 Å². The van der Waals surface area contributed by atoms with E-state index in [-0.39, 0.29) is 17.2 Å². The molecule has 0 amide bonds. The van der Waals surface area contributed by atoms with E-state index in [1.807, 2.05) is 13.8 Å². The van der Waals surface area contributed by atoms with Gasteiger partial charge in [0.15, 0.2) is 17.5 Å². The molecular weight excluding hydrogens is 282 g/mol. The van der Waals surface area contributed by atoms with Gasteiger partial charge < -0.3 is 5.32 Å². The van der Waals surface area contributed by atoms with Crippen molar-refractivity contribution < 1.29 is 17.6 Å². The number of benzene rings is 2. The van der Waals surface area contributed by atoms with Gasteiger partial charge in [0.25, 0.3) is 0 Å². The second-order valence-corrected chi connectivity index (χ2v) is 5.07. The zero-order valence-electron chi connectivity index (χ0n) is 11.7. The minimum atomic E-state index is -1.60. The number of hydrogen-bond acceptors (Lipinski definition) is 1. The van der Waals surface area contributed by atoms with Crippen LogP contribution in [-0.2, 0) is 6.54 Å².